The summed E-state index contributed by atoms with van der Waals surface area (Å²) in [6.07, 6.45) is 0.810. The maximum Gasteiger partial charge on any atom is 0.416 e. The highest BCUT2D eigenvalue weighted by Gasteiger charge is 2.30. The minimum Gasteiger partial charge on any atom is -0.324 e. The van der Waals surface area contributed by atoms with Crippen molar-refractivity contribution in [3.8, 4) is 11.3 Å². The van der Waals surface area contributed by atoms with Crippen molar-refractivity contribution in [2.24, 2.45) is 0 Å². The van der Waals surface area contributed by atoms with Gasteiger partial charge in [0, 0.05) is 35.2 Å². The Labute approximate surface area is 238 Å². The Kier molecular flexibility index (Phi) is 10.1. The predicted molar refractivity (Wildman–Crippen MR) is 157 cm³/mol. The zero-order valence-corrected chi connectivity index (χ0v) is 23.2. The SMILES string of the molecule is CC.O=C(Nc1cccc(Nc2nccc(-c3cccc(C(F)(F)F)c3)n2)c1)c1ccc(CN2CCCCC2)cc1. The molecule has 4 aromatic rings. The normalized spacial score (nSPS) is 13.6. The van der Waals surface area contributed by atoms with Gasteiger partial charge in [0.15, 0.2) is 0 Å². The van der Waals surface area contributed by atoms with Crippen molar-refractivity contribution in [3.05, 3.63) is 102 Å². The average molecular weight is 562 g/mol. The molecule has 1 aliphatic heterocycles. The Morgan fingerprint density at radius 1 is 0.878 bits per heavy atom. The van der Waals surface area contributed by atoms with Gasteiger partial charge in [0.1, 0.15) is 0 Å². The number of aromatic nitrogens is 2. The van der Waals surface area contributed by atoms with Crippen molar-refractivity contribution < 1.29 is 18.0 Å². The number of nitrogens with zero attached hydrogens (tertiary/aromatic N) is 3. The van der Waals surface area contributed by atoms with Crippen LogP contribution in [0.5, 0.6) is 0 Å². The fourth-order valence-electron chi connectivity index (χ4n) is 4.58. The molecule has 0 unspecified atom stereocenters. The highest BCUT2D eigenvalue weighted by molar-refractivity contribution is 6.04. The zero-order valence-electron chi connectivity index (χ0n) is 23.2. The fraction of sp³-hybridized carbons (Fsp3) is 0.281. The van der Waals surface area contributed by atoms with Crippen LogP contribution in [0.4, 0.5) is 30.5 Å². The number of carbonyl (C=O) groups excluding carboxylic acids is 1. The maximum absolute atomic E-state index is 13.1. The molecule has 5 rings (SSSR count). The van der Waals surface area contributed by atoms with Crippen LogP contribution in [0, 0.1) is 0 Å². The Bertz CT molecular complexity index is 1430. The smallest absolute Gasteiger partial charge is 0.324 e. The van der Waals surface area contributed by atoms with Gasteiger partial charge >= 0.3 is 6.18 Å². The number of nitrogens with one attached hydrogen (secondary N) is 2. The molecule has 0 saturated carbocycles. The fourth-order valence-corrected chi connectivity index (χ4v) is 4.58. The first-order valence-electron chi connectivity index (χ1n) is 13.8. The largest absolute Gasteiger partial charge is 0.416 e. The molecule has 3 aromatic carbocycles. The van der Waals surface area contributed by atoms with Crippen LogP contribution in [0.3, 0.4) is 0 Å². The number of likely N-dealkylation sites (tertiary alicyclic amines) is 1. The third-order valence-electron chi connectivity index (χ3n) is 6.59. The van der Waals surface area contributed by atoms with E-state index in [1.807, 2.05) is 38.1 Å². The second-order valence-electron chi connectivity index (χ2n) is 9.54. The van der Waals surface area contributed by atoms with Gasteiger partial charge in [-0.1, -0.05) is 50.6 Å². The van der Waals surface area contributed by atoms with Gasteiger partial charge < -0.3 is 10.6 Å². The van der Waals surface area contributed by atoms with E-state index >= 15 is 0 Å². The van der Waals surface area contributed by atoms with Crippen molar-refractivity contribution >= 4 is 23.2 Å². The molecule has 6 nitrogen and oxygen atoms in total. The molecule has 0 bridgehead atoms. The minimum atomic E-state index is -4.44. The summed E-state index contributed by atoms with van der Waals surface area (Å²) >= 11 is 0. The quantitative estimate of drug-likeness (QED) is 0.238. The number of benzene rings is 3. The molecule has 1 saturated heterocycles. The maximum atomic E-state index is 13.1. The van der Waals surface area contributed by atoms with Crippen LogP contribution in [0.1, 0.15) is 54.6 Å². The van der Waals surface area contributed by atoms with Crippen molar-refractivity contribution in [1.29, 1.82) is 0 Å². The number of hydrogen-bond acceptors (Lipinski definition) is 5. The van der Waals surface area contributed by atoms with Crippen molar-refractivity contribution in [2.75, 3.05) is 23.7 Å². The van der Waals surface area contributed by atoms with E-state index < -0.39 is 11.7 Å². The van der Waals surface area contributed by atoms with Crippen molar-refractivity contribution in [2.45, 2.75) is 45.8 Å². The Hall–Kier alpha value is -4.24. The van der Waals surface area contributed by atoms with Crippen LogP contribution in [-0.4, -0.2) is 33.9 Å². The molecule has 0 radical (unpaired) electrons. The van der Waals surface area contributed by atoms with Crippen LogP contribution < -0.4 is 10.6 Å². The molecule has 1 fully saturated rings. The summed E-state index contributed by atoms with van der Waals surface area (Å²) in [5.41, 5.74) is 2.89. The van der Waals surface area contributed by atoms with Crippen LogP contribution >= 0.6 is 0 Å². The molecule has 9 heteroatoms. The lowest BCUT2D eigenvalue weighted by Crippen LogP contribution is -2.29. The van der Waals surface area contributed by atoms with Gasteiger partial charge in [-0.25, -0.2) is 9.97 Å². The Morgan fingerprint density at radius 2 is 1.59 bits per heavy atom. The van der Waals surface area contributed by atoms with Crippen LogP contribution in [0.2, 0.25) is 0 Å². The van der Waals surface area contributed by atoms with Crippen LogP contribution in [0.25, 0.3) is 11.3 Å². The average Bonchev–Trinajstić information content (AvgIpc) is 2.99. The number of carbonyl (C=O) groups is 1. The van der Waals surface area contributed by atoms with E-state index in [1.54, 1.807) is 36.4 Å². The molecule has 1 amide bonds. The van der Waals surface area contributed by atoms with E-state index in [4.69, 9.17) is 0 Å². The zero-order chi connectivity index (χ0) is 29.2. The van der Waals surface area contributed by atoms with Gasteiger partial charge in [-0.3, -0.25) is 9.69 Å². The van der Waals surface area contributed by atoms with Crippen LogP contribution in [0.15, 0.2) is 85.1 Å². The Morgan fingerprint density at radius 3 is 2.32 bits per heavy atom. The second-order valence-corrected chi connectivity index (χ2v) is 9.54. The van der Waals surface area contributed by atoms with Gasteiger partial charge in [-0.15, -0.1) is 0 Å². The predicted octanol–water partition coefficient (Wildman–Crippen LogP) is 8.17. The lowest BCUT2D eigenvalue weighted by atomic mass is 10.1. The topological polar surface area (TPSA) is 70.1 Å². The number of rotatable bonds is 7. The van der Waals surface area contributed by atoms with Gasteiger partial charge in [-0.2, -0.15) is 13.2 Å². The summed E-state index contributed by atoms with van der Waals surface area (Å²) in [5, 5.41) is 5.96. The summed E-state index contributed by atoms with van der Waals surface area (Å²) in [6, 6.07) is 21.3. The van der Waals surface area contributed by atoms with E-state index in [1.165, 1.54) is 37.1 Å². The Balaban J connectivity index is 0.00000189. The monoisotopic (exact) mass is 561 g/mol. The molecular formula is C32H34F3N5O. The summed E-state index contributed by atoms with van der Waals surface area (Å²) in [6.45, 7) is 7.13. The first kappa shape index (κ1) is 29.7. The molecule has 2 N–H and O–H groups in total. The molecule has 1 aromatic heterocycles. The number of piperidine rings is 1. The van der Waals surface area contributed by atoms with Crippen molar-refractivity contribution in [3.63, 3.8) is 0 Å². The number of anilines is 3. The summed E-state index contributed by atoms with van der Waals surface area (Å²) in [5.74, 6) is -0.00264. The number of amides is 1. The number of alkyl halides is 3. The van der Waals surface area contributed by atoms with Crippen LogP contribution in [-0.2, 0) is 12.7 Å². The standard InChI is InChI=1S/C30H28F3N5O.C2H6/c31-30(32,33)24-7-4-6-23(18-24)27-14-15-34-29(37-27)36-26-9-5-8-25(19-26)35-28(39)22-12-10-21(11-13-22)20-38-16-2-1-3-17-38;1-2/h4-15,18-19H,1-3,16-17,20H2,(H,35,39)(H,34,36,37);1-2H3. The van der Waals surface area contributed by atoms with Crippen molar-refractivity contribution in [1.82, 2.24) is 14.9 Å². The van der Waals surface area contributed by atoms with E-state index in [9.17, 15) is 18.0 Å². The van der Waals surface area contributed by atoms with Gasteiger partial charge in [0.25, 0.3) is 5.91 Å². The van der Waals surface area contributed by atoms with E-state index in [-0.39, 0.29) is 11.9 Å². The third-order valence-corrected chi connectivity index (χ3v) is 6.59. The minimum absolute atomic E-state index is 0.220. The second kappa shape index (κ2) is 13.9. The molecule has 1 aliphatic rings. The summed E-state index contributed by atoms with van der Waals surface area (Å²) < 4.78 is 39.3. The molecule has 41 heavy (non-hydrogen) atoms. The van der Waals surface area contributed by atoms with E-state index in [2.05, 4.69) is 25.5 Å². The first-order valence-corrected chi connectivity index (χ1v) is 13.8. The molecule has 0 aliphatic carbocycles. The summed E-state index contributed by atoms with van der Waals surface area (Å²) in [4.78, 5) is 23.8. The highest BCUT2D eigenvalue weighted by Crippen LogP contribution is 2.32. The first-order chi connectivity index (χ1) is 19.8. The van der Waals surface area contributed by atoms with E-state index in [0.717, 1.165) is 31.8 Å². The van der Waals surface area contributed by atoms with Gasteiger partial charge in [-0.05, 0) is 80.0 Å². The molecule has 0 atom stereocenters. The highest BCUT2D eigenvalue weighted by atomic mass is 19.4. The van der Waals surface area contributed by atoms with E-state index in [0.29, 0.717) is 28.2 Å². The molecule has 0 spiro atoms. The van der Waals surface area contributed by atoms with Gasteiger partial charge in [0.05, 0.1) is 11.3 Å². The molecule has 214 valence electrons. The number of hydrogen-bond donors (Lipinski definition) is 2. The third kappa shape index (κ3) is 8.38. The lowest BCUT2D eigenvalue weighted by Gasteiger charge is -2.26. The molecule has 2 heterocycles. The van der Waals surface area contributed by atoms with Gasteiger partial charge in [0.2, 0.25) is 5.95 Å². The lowest BCUT2D eigenvalue weighted by molar-refractivity contribution is -0.137. The molecular weight excluding hydrogens is 527 g/mol. The summed E-state index contributed by atoms with van der Waals surface area (Å²) in [7, 11) is 0. The number of halogens is 3.